The lowest BCUT2D eigenvalue weighted by molar-refractivity contribution is -0.121. The zero-order valence-electron chi connectivity index (χ0n) is 11.1. The summed E-state index contributed by atoms with van der Waals surface area (Å²) in [5.41, 5.74) is 5.28. The molecule has 0 radical (unpaired) electrons. The Labute approximate surface area is 119 Å². The molecule has 0 saturated carbocycles. The highest BCUT2D eigenvalue weighted by atomic mass is 35.5. The van der Waals surface area contributed by atoms with Gasteiger partial charge in [0.05, 0.1) is 13.7 Å². The molecule has 0 unspecified atom stereocenters. The number of carbonyl (C=O) groups is 1. The Morgan fingerprint density at radius 3 is 2.47 bits per heavy atom. The molecule has 1 aromatic carbocycles. The van der Waals surface area contributed by atoms with Crippen LogP contribution in [0.3, 0.4) is 0 Å². The predicted molar refractivity (Wildman–Crippen MR) is 77.0 cm³/mol. The third kappa shape index (κ3) is 7.54. The topological polar surface area (TPSA) is 73.6 Å². The number of halogens is 1. The first kappa shape index (κ1) is 17.5. The van der Waals surface area contributed by atoms with Gasteiger partial charge in [-0.05, 0) is 30.7 Å². The Kier molecular flexibility index (Phi) is 9.66. The molecule has 0 atom stereocenters. The van der Waals surface area contributed by atoms with Crippen LogP contribution in [0.15, 0.2) is 24.3 Å². The first-order chi connectivity index (χ1) is 8.76. The number of methoxy groups -OCH3 is 1. The number of nitrogens with two attached hydrogens (primary N) is 1. The van der Waals surface area contributed by atoms with E-state index in [0.717, 1.165) is 11.5 Å². The highest BCUT2D eigenvalue weighted by Gasteiger charge is 2.00. The molecule has 0 saturated heterocycles. The fourth-order valence-corrected chi connectivity index (χ4v) is 1.39. The van der Waals surface area contributed by atoms with Gasteiger partial charge in [-0.25, -0.2) is 0 Å². The number of nitrogens with one attached hydrogen (secondary N) is 1. The average molecular weight is 289 g/mol. The van der Waals surface area contributed by atoms with Crippen molar-refractivity contribution in [2.24, 2.45) is 5.73 Å². The van der Waals surface area contributed by atoms with Crippen molar-refractivity contribution in [3.63, 3.8) is 0 Å². The van der Waals surface area contributed by atoms with E-state index in [-0.39, 0.29) is 18.3 Å². The minimum atomic E-state index is 0. The van der Waals surface area contributed by atoms with Gasteiger partial charge in [-0.3, -0.25) is 4.79 Å². The van der Waals surface area contributed by atoms with Crippen LogP contribution in [0.4, 0.5) is 0 Å². The molecule has 0 fully saturated rings. The molecule has 1 aromatic rings. The summed E-state index contributed by atoms with van der Waals surface area (Å²) in [7, 11) is 1.62. The number of ether oxygens (including phenoxy) is 2. The molecule has 1 amide bonds. The van der Waals surface area contributed by atoms with Gasteiger partial charge >= 0.3 is 0 Å². The molecule has 6 heteroatoms. The van der Waals surface area contributed by atoms with Gasteiger partial charge in [0, 0.05) is 19.5 Å². The molecule has 5 nitrogen and oxygen atoms in total. The first-order valence-corrected chi connectivity index (χ1v) is 6.00. The van der Waals surface area contributed by atoms with Crippen molar-refractivity contribution in [1.29, 1.82) is 0 Å². The maximum absolute atomic E-state index is 11.3. The van der Waals surface area contributed by atoms with Crippen molar-refractivity contribution in [2.45, 2.75) is 12.8 Å². The molecule has 1 rings (SSSR count). The van der Waals surface area contributed by atoms with Crippen LogP contribution in [0, 0.1) is 0 Å². The third-order valence-corrected chi connectivity index (χ3v) is 2.34. The minimum absolute atomic E-state index is 0. The van der Waals surface area contributed by atoms with Crippen molar-refractivity contribution >= 4 is 18.3 Å². The van der Waals surface area contributed by atoms with E-state index in [4.69, 9.17) is 15.2 Å². The lowest BCUT2D eigenvalue weighted by atomic mass is 10.3. The Hall–Kier alpha value is -1.46. The number of hydrogen-bond donors (Lipinski definition) is 2. The highest BCUT2D eigenvalue weighted by molar-refractivity contribution is 5.85. The number of amides is 1. The second-order valence-corrected chi connectivity index (χ2v) is 3.77. The fraction of sp³-hybridized carbons (Fsp3) is 0.462. The molecule has 0 spiro atoms. The van der Waals surface area contributed by atoms with Gasteiger partial charge in [0.15, 0.2) is 0 Å². The molecule has 0 aromatic heterocycles. The Morgan fingerprint density at radius 1 is 1.26 bits per heavy atom. The van der Waals surface area contributed by atoms with Crippen molar-refractivity contribution in [3.05, 3.63) is 24.3 Å². The molecular weight excluding hydrogens is 268 g/mol. The largest absolute Gasteiger partial charge is 0.497 e. The van der Waals surface area contributed by atoms with Crippen LogP contribution < -0.4 is 20.5 Å². The van der Waals surface area contributed by atoms with E-state index in [1.807, 2.05) is 24.3 Å². The zero-order chi connectivity index (χ0) is 13.2. The van der Waals surface area contributed by atoms with E-state index in [1.165, 1.54) is 0 Å². The monoisotopic (exact) mass is 288 g/mol. The molecule has 19 heavy (non-hydrogen) atoms. The van der Waals surface area contributed by atoms with Gasteiger partial charge in [0.25, 0.3) is 0 Å². The Balaban J connectivity index is 0.00000324. The van der Waals surface area contributed by atoms with E-state index in [1.54, 1.807) is 7.11 Å². The normalized spacial score (nSPS) is 9.37. The second-order valence-electron chi connectivity index (χ2n) is 3.77. The molecule has 3 N–H and O–H groups in total. The summed E-state index contributed by atoms with van der Waals surface area (Å²) in [4.78, 5) is 11.3. The van der Waals surface area contributed by atoms with Crippen LogP contribution in [0.5, 0.6) is 11.5 Å². The van der Waals surface area contributed by atoms with Gasteiger partial charge in [0.2, 0.25) is 5.91 Å². The Morgan fingerprint density at radius 2 is 1.89 bits per heavy atom. The van der Waals surface area contributed by atoms with E-state index in [9.17, 15) is 4.79 Å². The van der Waals surface area contributed by atoms with Crippen LogP contribution in [-0.2, 0) is 4.79 Å². The lowest BCUT2D eigenvalue weighted by Gasteiger charge is -2.07. The van der Waals surface area contributed by atoms with E-state index >= 15 is 0 Å². The van der Waals surface area contributed by atoms with Crippen molar-refractivity contribution in [2.75, 3.05) is 26.8 Å². The lowest BCUT2D eigenvalue weighted by Crippen LogP contribution is -2.29. The summed E-state index contributed by atoms with van der Waals surface area (Å²) in [6, 6.07) is 7.35. The van der Waals surface area contributed by atoms with E-state index in [0.29, 0.717) is 32.5 Å². The first-order valence-electron chi connectivity index (χ1n) is 6.00. The summed E-state index contributed by atoms with van der Waals surface area (Å²) < 4.78 is 10.5. The quantitative estimate of drug-likeness (QED) is 0.708. The van der Waals surface area contributed by atoms with Crippen LogP contribution >= 0.6 is 12.4 Å². The Bertz CT molecular complexity index is 357. The molecule has 0 aliphatic rings. The summed E-state index contributed by atoms with van der Waals surface area (Å²) in [6.45, 7) is 1.51. The van der Waals surface area contributed by atoms with Gasteiger partial charge in [-0.2, -0.15) is 0 Å². The third-order valence-electron chi connectivity index (χ3n) is 2.34. The number of rotatable bonds is 8. The molecule has 108 valence electrons. The molecule has 0 aliphatic carbocycles. The van der Waals surface area contributed by atoms with E-state index < -0.39 is 0 Å². The van der Waals surface area contributed by atoms with Crippen molar-refractivity contribution in [3.8, 4) is 11.5 Å². The summed E-state index contributed by atoms with van der Waals surface area (Å²) >= 11 is 0. The van der Waals surface area contributed by atoms with Gasteiger partial charge in [-0.1, -0.05) is 0 Å². The summed E-state index contributed by atoms with van der Waals surface area (Å²) in [6.07, 6.45) is 1.14. The minimum Gasteiger partial charge on any atom is -0.497 e. The molecule has 0 bridgehead atoms. The average Bonchev–Trinajstić information content (AvgIpc) is 2.42. The predicted octanol–water partition coefficient (Wildman–Crippen LogP) is 1.35. The van der Waals surface area contributed by atoms with Crippen LogP contribution in [0.25, 0.3) is 0 Å². The van der Waals surface area contributed by atoms with E-state index in [2.05, 4.69) is 5.32 Å². The highest BCUT2D eigenvalue weighted by Crippen LogP contribution is 2.17. The summed E-state index contributed by atoms with van der Waals surface area (Å²) in [5, 5.41) is 2.71. The summed E-state index contributed by atoms with van der Waals surface area (Å²) in [5.74, 6) is 1.58. The van der Waals surface area contributed by atoms with Crippen molar-refractivity contribution in [1.82, 2.24) is 5.32 Å². The number of carbonyl (C=O) groups excluding carboxylic acids is 1. The van der Waals surface area contributed by atoms with Gasteiger partial charge in [-0.15, -0.1) is 12.4 Å². The van der Waals surface area contributed by atoms with Crippen LogP contribution in [0.2, 0.25) is 0 Å². The van der Waals surface area contributed by atoms with Gasteiger partial charge < -0.3 is 20.5 Å². The second kappa shape index (κ2) is 10.5. The zero-order valence-corrected chi connectivity index (χ0v) is 11.9. The molecule has 0 aliphatic heterocycles. The molecule has 0 heterocycles. The maximum atomic E-state index is 11.3. The number of benzene rings is 1. The fourth-order valence-electron chi connectivity index (χ4n) is 1.39. The van der Waals surface area contributed by atoms with Crippen LogP contribution in [-0.4, -0.2) is 32.7 Å². The molecular formula is C13H21ClN2O3. The standard InChI is InChI=1S/C13H20N2O3.ClH/c1-17-11-4-6-12(7-5-11)18-10-2-3-13(16)15-9-8-14;/h4-7H,2-3,8-10,14H2,1H3,(H,15,16);1H. The van der Waals surface area contributed by atoms with Crippen LogP contribution in [0.1, 0.15) is 12.8 Å². The number of hydrogen-bond acceptors (Lipinski definition) is 4. The smallest absolute Gasteiger partial charge is 0.220 e. The van der Waals surface area contributed by atoms with Gasteiger partial charge in [0.1, 0.15) is 11.5 Å². The SMILES string of the molecule is COc1ccc(OCCCC(=O)NCCN)cc1.Cl. The maximum Gasteiger partial charge on any atom is 0.220 e. The van der Waals surface area contributed by atoms with Crippen molar-refractivity contribution < 1.29 is 14.3 Å².